The lowest BCUT2D eigenvalue weighted by atomic mass is 9.84. The number of nitrogens with one attached hydrogen (secondary N) is 2. The van der Waals surface area contributed by atoms with Crippen molar-refractivity contribution in [2.45, 2.75) is 39.5 Å². The van der Waals surface area contributed by atoms with Gasteiger partial charge < -0.3 is 15.2 Å². The van der Waals surface area contributed by atoms with E-state index in [-0.39, 0.29) is 35.2 Å². The molecule has 0 amide bonds. The van der Waals surface area contributed by atoms with Crippen LogP contribution in [0, 0.1) is 19.7 Å². The summed E-state index contributed by atoms with van der Waals surface area (Å²) < 4.78 is 18.5. The number of hydrogen-bond acceptors (Lipinski definition) is 3. The zero-order chi connectivity index (χ0) is 19.3. The van der Waals surface area contributed by atoms with E-state index in [1.165, 1.54) is 12.1 Å². The highest BCUT2D eigenvalue weighted by Crippen LogP contribution is 2.29. The van der Waals surface area contributed by atoms with Crippen LogP contribution >= 0.6 is 35.6 Å². The Morgan fingerprint density at radius 1 is 1.30 bits per heavy atom. The minimum atomic E-state index is -0.334. The Bertz CT molecular complexity index is 773. The first kappa shape index (κ1) is 23.7. The molecule has 0 spiro atoms. The van der Waals surface area contributed by atoms with Gasteiger partial charge in [-0.15, -0.1) is 24.0 Å². The summed E-state index contributed by atoms with van der Waals surface area (Å²) >= 11 is 6.21. The first-order valence-corrected chi connectivity index (χ1v) is 8.94. The predicted octanol–water partition coefficient (Wildman–Crippen LogP) is 4.39. The molecule has 0 aliphatic rings. The lowest BCUT2D eigenvalue weighted by Gasteiger charge is -2.27. The van der Waals surface area contributed by atoms with Crippen molar-refractivity contribution in [3.05, 3.63) is 51.6 Å². The molecule has 0 aliphatic carbocycles. The molecular formula is C19H27ClFIN4O. The maximum atomic E-state index is 13.3. The van der Waals surface area contributed by atoms with E-state index in [1.54, 1.807) is 13.1 Å². The van der Waals surface area contributed by atoms with Gasteiger partial charge in [-0.3, -0.25) is 4.99 Å². The average molecular weight is 509 g/mol. The van der Waals surface area contributed by atoms with Gasteiger partial charge in [-0.05, 0) is 38.0 Å². The van der Waals surface area contributed by atoms with Crippen LogP contribution in [-0.4, -0.2) is 31.3 Å². The molecule has 0 bridgehead atoms. The number of aliphatic imine (C=N–C) groups is 1. The standard InChI is InChI=1S/C19H26ClFN4O.HI/c1-12-15(13(2)26-25-12)8-9-23-18(22-5)24-11-19(3,4)16-7-6-14(21)10-17(16)20;/h6-7,10H,8-9,11H2,1-5H3,(H2,22,23,24);1H. The molecule has 0 atom stereocenters. The van der Waals surface area contributed by atoms with Crippen molar-refractivity contribution in [3.63, 3.8) is 0 Å². The Morgan fingerprint density at radius 3 is 2.56 bits per heavy atom. The largest absolute Gasteiger partial charge is 0.361 e. The van der Waals surface area contributed by atoms with Crippen LogP contribution in [0.15, 0.2) is 27.7 Å². The summed E-state index contributed by atoms with van der Waals surface area (Å²) in [4.78, 5) is 4.25. The topological polar surface area (TPSA) is 62.5 Å². The van der Waals surface area contributed by atoms with Gasteiger partial charge in [0.15, 0.2) is 5.96 Å². The van der Waals surface area contributed by atoms with Crippen molar-refractivity contribution in [3.8, 4) is 0 Å². The highest BCUT2D eigenvalue weighted by Gasteiger charge is 2.24. The smallest absolute Gasteiger partial charge is 0.191 e. The van der Waals surface area contributed by atoms with Crippen molar-refractivity contribution < 1.29 is 8.91 Å². The summed E-state index contributed by atoms with van der Waals surface area (Å²) in [6.45, 7) is 9.27. The van der Waals surface area contributed by atoms with Crippen LogP contribution in [0.1, 0.15) is 36.4 Å². The molecule has 1 aromatic heterocycles. The third-order valence-electron chi connectivity index (χ3n) is 4.43. The molecular weight excluding hydrogens is 482 g/mol. The number of hydrogen-bond donors (Lipinski definition) is 2. The van der Waals surface area contributed by atoms with Gasteiger partial charge in [-0.25, -0.2) is 4.39 Å². The van der Waals surface area contributed by atoms with Crippen LogP contribution in [0.2, 0.25) is 5.02 Å². The van der Waals surface area contributed by atoms with Gasteiger partial charge >= 0.3 is 0 Å². The zero-order valence-corrected chi connectivity index (χ0v) is 19.4. The van der Waals surface area contributed by atoms with Gasteiger partial charge in [0.05, 0.1) is 5.69 Å². The Kier molecular flexibility index (Phi) is 9.01. The number of aromatic nitrogens is 1. The normalized spacial score (nSPS) is 11.9. The Morgan fingerprint density at radius 2 is 2.00 bits per heavy atom. The fraction of sp³-hybridized carbons (Fsp3) is 0.474. The van der Waals surface area contributed by atoms with Crippen LogP contribution in [0.3, 0.4) is 0 Å². The molecule has 5 nitrogen and oxygen atoms in total. The van der Waals surface area contributed by atoms with E-state index < -0.39 is 0 Å². The van der Waals surface area contributed by atoms with Crippen LogP contribution < -0.4 is 10.6 Å². The van der Waals surface area contributed by atoms with Gasteiger partial charge in [-0.1, -0.05) is 36.7 Å². The van der Waals surface area contributed by atoms with E-state index in [4.69, 9.17) is 16.1 Å². The second-order valence-electron chi connectivity index (χ2n) is 6.91. The molecule has 2 rings (SSSR count). The van der Waals surface area contributed by atoms with E-state index in [0.29, 0.717) is 24.1 Å². The zero-order valence-electron chi connectivity index (χ0n) is 16.3. The summed E-state index contributed by atoms with van der Waals surface area (Å²) in [5.41, 5.74) is 2.63. The molecule has 0 fully saturated rings. The van der Waals surface area contributed by atoms with Crippen molar-refractivity contribution in [2.24, 2.45) is 4.99 Å². The van der Waals surface area contributed by atoms with E-state index in [2.05, 4.69) is 34.6 Å². The second-order valence-corrected chi connectivity index (χ2v) is 7.32. The highest BCUT2D eigenvalue weighted by molar-refractivity contribution is 14.0. The van der Waals surface area contributed by atoms with Crippen molar-refractivity contribution in [2.75, 3.05) is 20.1 Å². The number of nitrogens with zero attached hydrogens (tertiary/aromatic N) is 2. The Hall–Kier alpha value is -1.35. The highest BCUT2D eigenvalue weighted by atomic mass is 127. The maximum Gasteiger partial charge on any atom is 0.191 e. The number of halogens is 3. The summed E-state index contributed by atoms with van der Waals surface area (Å²) in [5, 5.41) is 11.0. The summed E-state index contributed by atoms with van der Waals surface area (Å²) in [6.07, 6.45) is 0.801. The predicted molar refractivity (Wildman–Crippen MR) is 119 cm³/mol. The second kappa shape index (κ2) is 10.3. The average Bonchev–Trinajstić information content (AvgIpc) is 2.89. The molecule has 0 saturated carbocycles. The molecule has 0 aliphatic heterocycles. The molecule has 2 N–H and O–H groups in total. The fourth-order valence-corrected chi connectivity index (χ4v) is 3.25. The monoisotopic (exact) mass is 508 g/mol. The number of aryl methyl sites for hydroxylation is 2. The third-order valence-corrected chi connectivity index (χ3v) is 4.74. The Labute approximate surface area is 182 Å². The summed E-state index contributed by atoms with van der Waals surface area (Å²) in [6, 6.07) is 4.50. The number of rotatable bonds is 6. The van der Waals surface area contributed by atoms with Gasteiger partial charge in [-0.2, -0.15) is 0 Å². The van der Waals surface area contributed by atoms with Crippen molar-refractivity contribution in [1.29, 1.82) is 0 Å². The van der Waals surface area contributed by atoms with Crippen LogP contribution in [0.5, 0.6) is 0 Å². The van der Waals surface area contributed by atoms with E-state index in [9.17, 15) is 4.39 Å². The van der Waals surface area contributed by atoms with Crippen LogP contribution in [-0.2, 0) is 11.8 Å². The third kappa shape index (κ3) is 6.34. The van der Waals surface area contributed by atoms with Crippen LogP contribution in [0.4, 0.5) is 4.39 Å². The van der Waals surface area contributed by atoms with Crippen LogP contribution in [0.25, 0.3) is 0 Å². The quantitative estimate of drug-likeness (QED) is 0.345. The molecule has 0 saturated heterocycles. The van der Waals surface area contributed by atoms with E-state index in [1.807, 2.05) is 13.8 Å². The lowest BCUT2D eigenvalue weighted by Crippen LogP contribution is -2.44. The molecule has 150 valence electrons. The molecule has 1 heterocycles. The Balaban J connectivity index is 0.00000364. The minimum Gasteiger partial charge on any atom is -0.361 e. The molecule has 0 unspecified atom stereocenters. The molecule has 1 aromatic carbocycles. The lowest BCUT2D eigenvalue weighted by molar-refractivity contribution is 0.392. The molecule has 27 heavy (non-hydrogen) atoms. The van der Waals surface area contributed by atoms with Gasteiger partial charge in [0.1, 0.15) is 11.6 Å². The van der Waals surface area contributed by atoms with Crippen molar-refractivity contribution >= 4 is 41.5 Å². The van der Waals surface area contributed by atoms with Gasteiger partial charge in [0, 0.05) is 36.1 Å². The minimum absolute atomic E-state index is 0. The van der Waals surface area contributed by atoms with Gasteiger partial charge in [0.25, 0.3) is 0 Å². The molecule has 2 aromatic rings. The molecule has 0 radical (unpaired) electrons. The van der Waals surface area contributed by atoms with E-state index >= 15 is 0 Å². The maximum absolute atomic E-state index is 13.3. The SMILES string of the molecule is CN=C(NCCc1c(C)noc1C)NCC(C)(C)c1ccc(F)cc1Cl.I. The fourth-order valence-electron chi connectivity index (χ4n) is 2.82. The summed E-state index contributed by atoms with van der Waals surface area (Å²) in [7, 11) is 1.73. The first-order chi connectivity index (χ1) is 12.2. The van der Waals surface area contributed by atoms with Crippen molar-refractivity contribution in [1.82, 2.24) is 15.8 Å². The van der Waals surface area contributed by atoms with E-state index in [0.717, 1.165) is 29.0 Å². The summed E-state index contributed by atoms with van der Waals surface area (Å²) in [5.74, 6) is 1.21. The first-order valence-electron chi connectivity index (χ1n) is 8.56. The van der Waals surface area contributed by atoms with Gasteiger partial charge in [0.2, 0.25) is 0 Å². The molecule has 8 heteroatoms. The number of guanidine groups is 1. The number of benzene rings is 1.